The van der Waals surface area contributed by atoms with Crippen LogP contribution in [-0.4, -0.2) is 16.6 Å². The summed E-state index contributed by atoms with van der Waals surface area (Å²) in [5.41, 5.74) is -2.12. The first-order valence-corrected chi connectivity index (χ1v) is 11.0. The zero-order valence-corrected chi connectivity index (χ0v) is 18.6. The van der Waals surface area contributed by atoms with Gasteiger partial charge in [-0.2, -0.15) is 23.7 Å². The van der Waals surface area contributed by atoms with Gasteiger partial charge in [0.2, 0.25) is 0 Å². The van der Waals surface area contributed by atoms with Crippen molar-refractivity contribution in [2.24, 2.45) is 0 Å². The Hall–Kier alpha value is -3.50. The van der Waals surface area contributed by atoms with E-state index in [1.54, 1.807) is 12.1 Å². The fourth-order valence-corrected chi connectivity index (χ4v) is 4.92. The first-order chi connectivity index (χ1) is 16.1. The first-order valence-electron chi connectivity index (χ1n) is 10.6. The lowest BCUT2D eigenvalue weighted by Gasteiger charge is -2.43. The zero-order chi connectivity index (χ0) is 24.7. The van der Waals surface area contributed by atoms with Gasteiger partial charge in [0.25, 0.3) is 5.91 Å². The maximum Gasteiger partial charge on any atom is 0.417 e. The van der Waals surface area contributed by atoms with Gasteiger partial charge in [0, 0.05) is 12.1 Å². The second kappa shape index (κ2) is 8.69. The number of nitriles is 2. The molecular weight excluding hydrogens is 468 g/mol. The number of thiocarbonyl (C=S) groups is 1. The molecule has 0 bridgehead atoms. The summed E-state index contributed by atoms with van der Waals surface area (Å²) in [7, 11) is 0. The molecule has 1 saturated carbocycles. The Morgan fingerprint density at radius 3 is 2.35 bits per heavy atom. The molecule has 1 heterocycles. The largest absolute Gasteiger partial charge is 0.417 e. The quantitative estimate of drug-likeness (QED) is 0.312. The number of alkyl halides is 3. The number of hydrogen-bond acceptors (Lipinski definition) is 4. The Bertz CT molecular complexity index is 1260. The minimum atomic E-state index is -4.79. The van der Waals surface area contributed by atoms with Crippen molar-refractivity contribution in [3.8, 4) is 12.1 Å². The van der Waals surface area contributed by atoms with Crippen LogP contribution in [0.2, 0.25) is 0 Å². The molecule has 10 heteroatoms. The molecule has 1 aliphatic carbocycles. The summed E-state index contributed by atoms with van der Waals surface area (Å²) in [4.78, 5) is 16.0. The molecule has 2 aromatic rings. The number of carbonyl (C=O) groups excluding carboxylic acids is 1. The van der Waals surface area contributed by atoms with E-state index in [0.717, 1.165) is 17.0 Å². The minimum Gasteiger partial charge on any atom is -0.303 e. The van der Waals surface area contributed by atoms with Gasteiger partial charge in [0.05, 0.1) is 29.0 Å². The average Bonchev–Trinajstić information content (AvgIpc) is 3.00. The van der Waals surface area contributed by atoms with Crippen molar-refractivity contribution in [2.75, 3.05) is 9.80 Å². The van der Waals surface area contributed by atoms with Crippen LogP contribution in [0.5, 0.6) is 0 Å². The van der Waals surface area contributed by atoms with Gasteiger partial charge in [0.1, 0.15) is 11.4 Å². The normalized spacial score (nSPS) is 17.0. The molecule has 2 aliphatic rings. The summed E-state index contributed by atoms with van der Waals surface area (Å²) < 4.78 is 55.3. The summed E-state index contributed by atoms with van der Waals surface area (Å²) in [6.45, 7) is 0. The number of unbranched alkanes of at least 4 members (excludes halogenated alkanes) is 1. The molecular formula is C24H18F4N4OS. The highest BCUT2D eigenvalue weighted by Gasteiger charge is 2.59. The van der Waals surface area contributed by atoms with Gasteiger partial charge in [-0.3, -0.25) is 9.69 Å². The third-order valence-electron chi connectivity index (χ3n) is 6.31. The summed E-state index contributed by atoms with van der Waals surface area (Å²) >= 11 is 5.54. The number of anilines is 2. The molecule has 2 fully saturated rings. The van der Waals surface area contributed by atoms with E-state index in [2.05, 4.69) is 0 Å². The Morgan fingerprint density at radius 2 is 1.79 bits per heavy atom. The van der Waals surface area contributed by atoms with Crippen molar-refractivity contribution >= 4 is 34.6 Å². The highest BCUT2D eigenvalue weighted by molar-refractivity contribution is 7.81. The minimum absolute atomic E-state index is 0.0424. The molecule has 0 atom stereocenters. The van der Waals surface area contributed by atoms with E-state index >= 15 is 0 Å². The molecule has 2 aromatic carbocycles. The van der Waals surface area contributed by atoms with Crippen LogP contribution >= 0.6 is 12.2 Å². The van der Waals surface area contributed by atoms with Crippen LogP contribution in [0.25, 0.3) is 0 Å². The number of carbonyl (C=O) groups is 1. The lowest BCUT2D eigenvalue weighted by Crippen LogP contribution is -2.55. The van der Waals surface area contributed by atoms with Gasteiger partial charge >= 0.3 is 6.18 Å². The molecule has 1 amide bonds. The van der Waals surface area contributed by atoms with Gasteiger partial charge in [-0.05, 0) is 80.2 Å². The fourth-order valence-electron chi connectivity index (χ4n) is 4.45. The highest BCUT2D eigenvalue weighted by Crippen LogP contribution is 2.48. The SMILES string of the molecule is N#CCCCc1ccc(N2C(=S)N(c3ccc(C#N)c(C(F)(F)F)c3)C(=O)C23CCC3)cc1F. The molecule has 0 N–H and O–H groups in total. The van der Waals surface area contributed by atoms with Crippen molar-refractivity contribution in [1.29, 1.82) is 10.5 Å². The van der Waals surface area contributed by atoms with E-state index in [9.17, 15) is 22.4 Å². The van der Waals surface area contributed by atoms with Crippen LogP contribution in [0.3, 0.4) is 0 Å². The van der Waals surface area contributed by atoms with E-state index in [4.69, 9.17) is 22.7 Å². The first kappa shape index (κ1) is 23.7. The summed E-state index contributed by atoms with van der Waals surface area (Å²) in [6, 6.07) is 11.0. The van der Waals surface area contributed by atoms with E-state index in [1.807, 2.05) is 6.07 Å². The summed E-state index contributed by atoms with van der Waals surface area (Å²) in [6.07, 6.45) is -2.03. The van der Waals surface area contributed by atoms with Crippen LogP contribution in [0, 0.1) is 28.5 Å². The Labute approximate surface area is 198 Å². The van der Waals surface area contributed by atoms with Gasteiger partial charge < -0.3 is 4.90 Å². The topological polar surface area (TPSA) is 71.1 Å². The zero-order valence-electron chi connectivity index (χ0n) is 17.8. The maximum atomic E-state index is 14.8. The number of amides is 1. The van der Waals surface area contributed by atoms with Crippen LogP contribution < -0.4 is 9.80 Å². The summed E-state index contributed by atoms with van der Waals surface area (Å²) in [5, 5.41) is 17.7. The second-order valence-electron chi connectivity index (χ2n) is 8.27. The molecule has 1 spiro atoms. The monoisotopic (exact) mass is 486 g/mol. The second-order valence-corrected chi connectivity index (χ2v) is 8.64. The third kappa shape index (κ3) is 3.78. The Balaban J connectivity index is 1.73. The molecule has 1 aliphatic heterocycles. The smallest absolute Gasteiger partial charge is 0.303 e. The standard InChI is InChI=1S/C24H18F4N4OS/c25-20-13-18(8-5-15(20)4-1-2-11-29)32-22(34)31(21(33)23(32)9-3-10-23)17-7-6-16(14-30)19(12-17)24(26,27)28/h5-8,12-13H,1-4,9-10H2. The van der Waals surface area contributed by atoms with Crippen LogP contribution in [-0.2, 0) is 17.4 Å². The Morgan fingerprint density at radius 1 is 1.09 bits per heavy atom. The van der Waals surface area contributed by atoms with E-state index < -0.39 is 34.6 Å². The number of nitrogens with zero attached hydrogens (tertiary/aromatic N) is 4. The molecule has 5 nitrogen and oxygen atoms in total. The molecule has 0 radical (unpaired) electrons. The van der Waals surface area contributed by atoms with Crippen molar-refractivity contribution in [3.63, 3.8) is 0 Å². The number of hydrogen-bond donors (Lipinski definition) is 0. The molecule has 34 heavy (non-hydrogen) atoms. The maximum absolute atomic E-state index is 14.8. The van der Waals surface area contributed by atoms with E-state index in [-0.39, 0.29) is 10.8 Å². The van der Waals surface area contributed by atoms with Crippen molar-refractivity contribution in [3.05, 3.63) is 58.9 Å². The van der Waals surface area contributed by atoms with E-state index in [0.29, 0.717) is 49.8 Å². The van der Waals surface area contributed by atoms with Crippen molar-refractivity contribution in [1.82, 2.24) is 0 Å². The highest BCUT2D eigenvalue weighted by atomic mass is 32.1. The van der Waals surface area contributed by atoms with Gasteiger partial charge in [0.15, 0.2) is 5.11 Å². The lowest BCUT2D eigenvalue weighted by molar-refractivity contribution is -0.137. The van der Waals surface area contributed by atoms with Crippen LogP contribution in [0.4, 0.5) is 28.9 Å². The van der Waals surface area contributed by atoms with Crippen molar-refractivity contribution in [2.45, 2.75) is 50.2 Å². The van der Waals surface area contributed by atoms with Gasteiger partial charge in [-0.1, -0.05) is 6.07 Å². The van der Waals surface area contributed by atoms with E-state index in [1.165, 1.54) is 23.1 Å². The number of rotatable bonds is 5. The number of aryl methyl sites for hydroxylation is 1. The molecule has 1 saturated heterocycles. The third-order valence-corrected chi connectivity index (χ3v) is 6.67. The average molecular weight is 486 g/mol. The predicted octanol–water partition coefficient (Wildman–Crippen LogP) is 5.62. The molecule has 0 aromatic heterocycles. The molecule has 0 unspecified atom stereocenters. The number of benzene rings is 2. The van der Waals surface area contributed by atoms with Gasteiger partial charge in [-0.15, -0.1) is 0 Å². The molecule has 174 valence electrons. The van der Waals surface area contributed by atoms with Crippen molar-refractivity contribution < 1.29 is 22.4 Å². The molecule has 4 rings (SSSR count). The Kier molecular flexibility index (Phi) is 6.05. The predicted molar refractivity (Wildman–Crippen MR) is 120 cm³/mol. The number of halogens is 4. The lowest BCUT2D eigenvalue weighted by atomic mass is 9.75. The fraction of sp³-hybridized carbons (Fsp3) is 0.333. The van der Waals surface area contributed by atoms with Gasteiger partial charge in [-0.25, -0.2) is 4.39 Å². The van der Waals surface area contributed by atoms with Crippen LogP contribution in [0.1, 0.15) is 48.8 Å². The summed E-state index contributed by atoms with van der Waals surface area (Å²) in [5.74, 6) is -0.976. The van der Waals surface area contributed by atoms with Crippen LogP contribution in [0.15, 0.2) is 36.4 Å².